The first-order chi connectivity index (χ1) is 7.33. The van der Waals surface area contributed by atoms with Crippen molar-refractivity contribution in [1.82, 2.24) is 0 Å². The fourth-order valence-corrected chi connectivity index (χ4v) is 1.99. The van der Waals surface area contributed by atoms with Crippen molar-refractivity contribution in [2.24, 2.45) is 0 Å². The lowest BCUT2D eigenvalue weighted by molar-refractivity contribution is 1.23. The number of rotatable bonds is 4. The van der Waals surface area contributed by atoms with Crippen LogP contribution in [0.1, 0.15) is 6.92 Å². The van der Waals surface area contributed by atoms with Gasteiger partial charge in [0.25, 0.3) is 0 Å². The van der Waals surface area contributed by atoms with Crippen molar-refractivity contribution >= 4 is 11.8 Å². The molecule has 0 aliphatic heterocycles. The Hall–Kier alpha value is -1.46. The van der Waals surface area contributed by atoms with E-state index in [1.165, 1.54) is 11.0 Å². The van der Waals surface area contributed by atoms with E-state index in [-0.39, 0.29) is 0 Å². The van der Waals surface area contributed by atoms with Crippen LogP contribution in [0.3, 0.4) is 0 Å². The first-order valence-electron chi connectivity index (χ1n) is 4.77. The lowest BCUT2D eigenvalue weighted by Crippen LogP contribution is -1.88. The SMILES string of the molecule is C[C@@H](/C=C\C=C\C#N)Sc1ccccc1. The summed E-state index contributed by atoms with van der Waals surface area (Å²) in [7, 11) is 0. The first-order valence-corrected chi connectivity index (χ1v) is 5.65. The van der Waals surface area contributed by atoms with Crippen molar-refractivity contribution in [3.63, 3.8) is 0 Å². The maximum Gasteiger partial charge on any atom is 0.0912 e. The Kier molecular flexibility index (Phi) is 5.35. The number of nitriles is 1. The smallest absolute Gasteiger partial charge is 0.0912 e. The molecule has 0 fully saturated rings. The zero-order chi connectivity index (χ0) is 10.9. The van der Waals surface area contributed by atoms with Gasteiger partial charge in [0.1, 0.15) is 0 Å². The lowest BCUT2D eigenvalue weighted by Gasteiger charge is -2.04. The van der Waals surface area contributed by atoms with Gasteiger partial charge in [-0.2, -0.15) is 5.26 Å². The van der Waals surface area contributed by atoms with Gasteiger partial charge in [0.2, 0.25) is 0 Å². The Labute approximate surface area is 95.1 Å². The average molecular weight is 215 g/mol. The van der Waals surface area contributed by atoms with Gasteiger partial charge in [-0.05, 0) is 19.1 Å². The van der Waals surface area contributed by atoms with Crippen molar-refractivity contribution in [3.05, 3.63) is 54.6 Å². The van der Waals surface area contributed by atoms with Gasteiger partial charge < -0.3 is 0 Å². The second-order valence-corrected chi connectivity index (χ2v) is 4.46. The van der Waals surface area contributed by atoms with E-state index in [4.69, 9.17) is 5.26 Å². The third kappa shape index (κ3) is 5.09. The van der Waals surface area contributed by atoms with Crippen LogP contribution < -0.4 is 0 Å². The third-order valence-corrected chi connectivity index (χ3v) is 2.80. The van der Waals surface area contributed by atoms with Crippen molar-refractivity contribution < 1.29 is 0 Å². The van der Waals surface area contributed by atoms with E-state index in [9.17, 15) is 0 Å². The van der Waals surface area contributed by atoms with E-state index in [1.54, 1.807) is 17.8 Å². The number of nitrogens with zero attached hydrogens (tertiary/aromatic N) is 1. The number of hydrogen-bond donors (Lipinski definition) is 0. The second-order valence-electron chi connectivity index (χ2n) is 3.01. The molecule has 0 aromatic heterocycles. The van der Waals surface area contributed by atoms with Crippen LogP contribution in [-0.4, -0.2) is 5.25 Å². The summed E-state index contributed by atoms with van der Waals surface area (Å²) in [4.78, 5) is 1.26. The van der Waals surface area contributed by atoms with Crippen molar-refractivity contribution in [2.45, 2.75) is 17.1 Å². The number of hydrogen-bond acceptors (Lipinski definition) is 2. The van der Waals surface area contributed by atoms with Gasteiger partial charge in [-0.15, -0.1) is 11.8 Å². The molecule has 0 unspecified atom stereocenters. The molecule has 1 rings (SSSR count). The fourth-order valence-electron chi connectivity index (χ4n) is 1.07. The van der Waals surface area contributed by atoms with Crippen LogP contribution in [-0.2, 0) is 0 Å². The lowest BCUT2D eigenvalue weighted by atomic mass is 10.4. The minimum Gasteiger partial charge on any atom is -0.193 e. The molecule has 15 heavy (non-hydrogen) atoms. The number of thioether (sulfide) groups is 1. The molecule has 76 valence electrons. The summed E-state index contributed by atoms with van der Waals surface area (Å²) in [5, 5.41) is 8.70. The van der Waals surface area contributed by atoms with Gasteiger partial charge in [0, 0.05) is 16.2 Å². The molecule has 2 heteroatoms. The molecule has 0 radical (unpaired) electrons. The Morgan fingerprint density at radius 1 is 1.27 bits per heavy atom. The van der Waals surface area contributed by atoms with Gasteiger partial charge in [0.15, 0.2) is 0 Å². The number of benzene rings is 1. The van der Waals surface area contributed by atoms with E-state index in [0.717, 1.165) is 0 Å². The maximum absolute atomic E-state index is 8.29. The summed E-state index contributed by atoms with van der Waals surface area (Å²) in [5.74, 6) is 0. The van der Waals surface area contributed by atoms with Crippen LogP contribution in [0.2, 0.25) is 0 Å². The van der Waals surface area contributed by atoms with Crippen molar-refractivity contribution in [1.29, 1.82) is 5.26 Å². The molecule has 0 heterocycles. The predicted molar refractivity (Wildman–Crippen MR) is 65.7 cm³/mol. The summed E-state index contributed by atoms with van der Waals surface area (Å²) < 4.78 is 0. The molecule has 0 aliphatic carbocycles. The van der Waals surface area contributed by atoms with E-state index in [0.29, 0.717) is 5.25 Å². The summed E-state index contributed by atoms with van der Waals surface area (Å²) in [6.07, 6.45) is 7.20. The van der Waals surface area contributed by atoms with E-state index in [1.807, 2.05) is 30.3 Å². The molecule has 1 atom stereocenters. The van der Waals surface area contributed by atoms with Gasteiger partial charge in [-0.3, -0.25) is 0 Å². The van der Waals surface area contributed by atoms with Crippen LogP contribution in [0.5, 0.6) is 0 Å². The van der Waals surface area contributed by atoms with E-state index >= 15 is 0 Å². The highest BCUT2D eigenvalue weighted by molar-refractivity contribution is 8.00. The van der Waals surface area contributed by atoms with Crippen LogP contribution in [0, 0.1) is 11.3 Å². The minimum atomic E-state index is 0.413. The average Bonchev–Trinajstić information content (AvgIpc) is 2.26. The monoisotopic (exact) mass is 215 g/mol. The Morgan fingerprint density at radius 2 is 2.00 bits per heavy atom. The summed E-state index contributed by atoms with van der Waals surface area (Å²) >= 11 is 1.80. The Bertz CT molecular complexity index is 373. The number of allylic oxidation sites excluding steroid dienone is 3. The fraction of sp³-hybridized carbons (Fsp3) is 0.154. The molecule has 0 saturated carbocycles. The van der Waals surface area contributed by atoms with Crippen molar-refractivity contribution in [3.8, 4) is 6.07 Å². The van der Waals surface area contributed by atoms with Crippen LogP contribution in [0.15, 0.2) is 59.5 Å². The zero-order valence-corrected chi connectivity index (χ0v) is 9.45. The third-order valence-electron chi connectivity index (χ3n) is 1.73. The van der Waals surface area contributed by atoms with E-state index < -0.39 is 0 Å². The molecule has 0 N–H and O–H groups in total. The highest BCUT2D eigenvalue weighted by atomic mass is 32.2. The van der Waals surface area contributed by atoms with Crippen LogP contribution >= 0.6 is 11.8 Å². The maximum atomic E-state index is 8.29. The molecule has 0 aliphatic rings. The highest BCUT2D eigenvalue weighted by Gasteiger charge is 1.97. The second kappa shape index (κ2) is 6.92. The van der Waals surface area contributed by atoms with Gasteiger partial charge in [-0.25, -0.2) is 0 Å². The largest absolute Gasteiger partial charge is 0.193 e. The molecule has 1 aromatic carbocycles. The standard InChI is InChI=1S/C13H13NS/c1-12(8-4-3-7-11-14)15-13-9-5-2-6-10-13/h2-10,12H,1H3/b7-3+,8-4-/t12-/m0/s1. The first kappa shape index (κ1) is 11.6. The minimum absolute atomic E-state index is 0.413. The summed E-state index contributed by atoms with van der Waals surface area (Å²) in [6, 6.07) is 12.2. The molecule has 0 spiro atoms. The molecule has 0 amide bonds. The molecule has 0 bridgehead atoms. The van der Waals surface area contributed by atoms with Gasteiger partial charge in [-0.1, -0.05) is 36.4 Å². The van der Waals surface area contributed by atoms with Gasteiger partial charge in [0.05, 0.1) is 6.07 Å². The molecular weight excluding hydrogens is 202 g/mol. The highest BCUT2D eigenvalue weighted by Crippen LogP contribution is 2.23. The van der Waals surface area contributed by atoms with E-state index in [2.05, 4.69) is 25.1 Å². The zero-order valence-electron chi connectivity index (χ0n) is 8.63. The molecule has 0 saturated heterocycles. The quantitative estimate of drug-likeness (QED) is 0.433. The summed E-state index contributed by atoms with van der Waals surface area (Å²) in [5.41, 5.74) is 0. The van der Waals surface area contributed by atoms with Crippen LogP contribution in [0.4, 0.5) is 0 Å². The molecular formula is C13H13NS. The topological polar surface area (TPSA) is 23.8 Å². The Morgan fingerprint density at radius 3 is 2.67 bits per heavy atom. The summed E-state index contributed by atoms with van der Waals surface area (Å²) in [6.45, 7) is 2.13. The molecule has 1 aromatic rings. The van der Waals surface area contributed by atoms with Crippen LogP contribution in [0.25, 0.3) is 0 Å². The molecule has 1 nitrogen and oxygen atoms in total. The Balaban J connectivity index is 2.43. The normalized spacial score (nSPS) is 13.1. The van der Waals surface area contributed by atoms with Gasteiger partial charge >= 0.3 is 0 Å². The van der Waals surface area contributed by atoms with Crippen molar-refractivity contribution in [2.75, 3.05) is 0 Å². The predicted octanol–water partition coefficient (Wildman–Crippen LogP) is 3.80.